The molecule has 0 saturated heterocycles. The van der Waals surface area contributed by atoms with Gasteiger partial charge in [-0.1, -0.05) is 52.4 Å². The molecule has 0 amide bonds. The Morgan fingerprint density at radius 2 is 1.60 bits per heavy atom. The SMILES string of the molecule is CCCCCCCC(O)C(C)(O)CCC. The highest BCUT2D eigenvalue weighted by atomic mass is 16.3. The molecule has 2 N–H and O–H groups in total. The van der Waals surface area contributed by atoms with E-state index in [-0.39, 0.29) is 0 Å². The van der Waals surface area contributed by atoms with E-state index in [4.69, 9.17) is 0 Å². The highest BCUT2D eigenvalue weighted by molar-refractivity contribution is 4.80. The van der Waals surface area contributed by atoms with Crippen LogP contribution in [0.4, 0.5) is 0 Å². The van der Waals surface area contributed by atoms with E-state index in [0.717, 1.165) is 19.3 Å². The number of rotatable bonds is 9. The van der Waals surface area contributed by atoms with Crippen LogP contribution in [0.2, 0.25) is 0 Å². The van der Waals surface area contributed by atoms with Gasteiger partial charge in [0, 0.05) is 0 Å². The molecule has 0 aromatic heterocycles. The maximum Gasteiger partial charge on any atom is 0.0877 e. The van der Waals surface area contributed by atoms with Gasteiger partial charge in [0.25, 0.3) is 0 Å². The van der Waals surface area contributed by atoms with E-state index in [9.17, 15) is 10.2 Å². The summed E-state index contributed by atoms with van der Waals surface area (Å²) < 4.78 is 0. The second-order valence-corrected chi connectivity index (χ2v) is 4.83. The summed E-state index contributed by atoms with van der Waals surface area (Å²) in [4.78, 5) is 0. The summed E-state index contributed by atoms with van der Waals surface area (Å²) in [5.41, 5.74) is -0.889. The molecule has 0 fully saturated rings. The zero-order valence-electron chi connectivity index (χ0n) is 10.6. The van der Waals surface area contributed by atoms with Gasteiger partial charge in [0.15, 0.2) is 0 Å². The Labute approximate surface area is 94.7 Å². The molecule has 0 aliphatic carbocycles. The fraction of sp³-hybridized carbons (Fsp3) is 1.00. The predicted octanol–water partition coefficient (Wildman–Crippen LogP) is 3.26. The molecule has 0 aliphatic rings. The first-order valence-electron chi connectivity index (χ1n) is 6.45. The summed E-state index contributed by atoms with van der Waals surface area (Å²) in [6, 6.07) is 0. The van der Waals surface area contributed by atoms with Gasteiger partial charge >= 0.3 is 0 Å². The molecule has 2 atom stereocenters. The van der Waals surface area contributed by atoms with Gasteiger partial charge in [0.1, 0.15) is 0 Å². The lowest BCUT2D eigenvalue weighted by atomic mass is 9.90. The molecule has 0 spiro atoms. The molecule has 0 rings (SSSR count). The van der Waals surface area contributed by atoms with Crippen molar-refractivity contribution < 1.29 is 10.2 Å². The number of aliphatic hydroxyl groups is 2. The normalized spacial score (nSPS) is 17.4. The van der Waals surface area contributed by atoms with Crippen molar-refractivity contribution in [3.63, 3.8) is 0 Å². The monoisotopic (exact) mass is 216 g/mol. The zero-order chi connectivity index (χ0) is 11.7. The Balaban J connectivity index is 3.58. The lowest BCUT2D eigenvalue weighted by molar-refractivity contribution is -0.0711. The van der Waals surface area contributed by atoms with Gasteiger partial charge in [0.05, 0.1) is 11.7 Å². The molecule has 0 aromatic rings. The van der Waals surface area contributed by atoms with Gasteiger partial charge in [0.2, 0.25) is 0 Å². The summed E-state index contributed by atoms with van der Waals surface area (Å²) in [7, 11) is 0. The molecule has 0 radical (unpaired) electrons. The number of hydrogen-bond donors (Lipinski definition) is 2. The van der Waals surface area contributed by atoms with Crippen molar-refractivity contribution in [1.82, 2.24) is 0 Å². The average molecular weight is 216 g/mol. The van der Waals surface area contributed by atoms with Crippen molar-refractivity contribution in [1.29, 1.82) is 0 Å². The smallest absolute Gasteiger partial charge is 0.0877 e. The van der Waals surface area contributed by atoms with Crippen molar-refractivity contribution in [2.45, 2.75) is 83.8 Å². The summed E-state index contributed by atoms with van der Waals surface area (Å²) in [6.45, 7) is 5.97. The lowest BCUT2D eigenvalue weighted by Gasteiger charge is -2.28. The average Bonchev–Trinajstić information content (AvgIpc) is 2.17. The van der Waals surface area contributed by atoms with Crippen LogP contribution in [-0.4, -0.2) is 21.9 Å². The van der Waals surface area contributed by atoms with Crippen LogP contribution >= 0.6 is 0 Å². The molecule has 0 aromatic carbocycles. The number of hydrogen-bond acceptors (Lipinski definition) is 2. The highest BCUT2D eigenvalue weighted by Crippen LogP contribution is 2.21. The molecule has 0 saturated carbocycles. The Morgan fingerprint density at radius 3 is 2.13 bits per heavy atom. The molecule has 15 heavy (non-hydrogen) atoms. The fourth-order valence-electron chi connectivity index (χ4n) is 1.92. The first-order chi connectivity index (χ1) is 7.04. The van der Waals surface area contributed by atoms with E-state index < -0.39 is 11.7 Å². The van der Waals surface area contributed by atoms with Gasteiger partial charge in [-0.05, 0) is 19.8 Å². The molecule has 0 aliphatic heterocycles. The Bertz CT molecular complexity index is 143. The van der Waals surface area contributed by atoms with Gasteiger partial charge in [-0.15, -0.1) is 0 Å². The molecule has 2 unspecified atom stereocenters. The summed E-state index contributed by atoms with van der Waals surface area (Å²) in [6.07, 6.45) is 7.75. The summed E-state index contributed by atoms with van der Waals surface area (Å²) in [5.74, 6) is 0. The molecule has 92 valence electrons. The van der Waals surface area contributed by atoms with Crippen molar-refractivity contribution >= 4 is 0 Å². The quantitative estimate of drug-likeness (QED) is 0.581. The Kier molecular flexibility index (Phi) is 8.07. The van der Waals surface area contributed by atoms with Crippen LogP contribution in [0.25, 0.3) is 0 Å². The fourth-order valence-corrected chi connectivity index (χ4v) is 1.92. The van der Waals surface area contributed by atoms with Crippen LogP contribution in [0.3, 0.4) is 0 Å². The van der Waals surface area contributed by atoms with Crippen LogP contribution < -0.4 is 0 Å². The Hall–Kier alpha value is -0.0800. The molecule has 2 heteroatoms. The van der Waals surface area contributed by atoms with Crippen LogP contribution in [-0.2, 0) is 0 Å². The third-order valence-electron chi connectivity index (χ3n) is 3.06. The Morgan fingerprint density at radius 1 is 1.00 bits per heavy atom. The predicted molar refractivity (Wildman–Crippen MR) is 64.9 cm³/mol. The van der Waals surface area contributed by atoms with E-state index in [1.165, 1.54) is 25.7 Å². The van der Waals surface area contributed by atoms with Crippen molar-refractivity contribution in [3.05, 3.63) is 0 Å². The van der Waals surface area contributed by atoms with E-state index >= 15 is 0 Å². The highest BCUT2D eigenvalue weighted by Gasteiger charge is 2.28. The van der Waals surface area contributed by atoms with Crippen molar-refractivity contribution in [2.75, 3.05) is 0 Å². The molecule has 0 bridgehead atoms. The van der Waals surface area contributed by atoms with Crippen molar-refractivity contribution in [3.8, 4) is 0 Å². The van der Waals surface area contributed by atoms with Gasteiger partial charge in [-0.3, -0.25) is 0 Å². The van der Waals surface area contributed by atoms with Gasteiger partial charge in [-0.2, -0.15) is 0 Å². The third-order valence-corrected chi connectivity index (χ3v) is 3.06. The molecular formula is C13H28O2. The standard InChI is InChI=1S/C13H28O2/c1-4-6-7-8-9-10-12(14)13(3,15)11-5-2/h12,14-15H,4-11H2,1-3H3. The van der Waals surface area contributed by atoms with Crippen LogP contribution in [0.15, 0.2) is 0 Å². The lowest BCUT2D eigenvalue weighted by Crippen LogP contribution is -2.38. The second kappa shape index (κ2) is 8.12. The second-order valence-electron chi connectivity index (χ2n) is 4.83. The molecule has 0 heterocycles. The van der Waals surface area contributed by atoms with Crippen LogP contribution in [0.1, 0.15) is 72.1 Å². The number of unbranched alkanes of at least 4 members (excludes halogenated alkanes) is 4. The van der Waals surface area contributed by atoms with Crippen LogP contribution in [0.5, 0.6) is 0 Å². The minimum atomic E-state index is -0.889. The summed E-state index contributed by atoms with van der Waals surface area (Å²) >= 11 is 0. The molecular weight excluding hydrogens is 188 g/mol. The molecule has 2 nitrogen and oxygen atoms in total. The summed E-state index contributed by atoms with van der Waals surface area (Å²) in [5, 5.41) is 19.8. The zero-order valence-corrected chi connectivity index (χ0v) is 10.6. The topological polar surface area (TPSA) is 40.5 Å². The van der Waals surface area contributed by atoms with Gasteiger partial charge < -0.3 is 10.2 Å². The van der Waals surface area contributed by atoms with E-state index in [1.807, 2.05) is 6.92 Å². The van der Waals surface area contributed by atoms with Gasteiger partial charge in [-0.25, -0.2) is 0 Å². The maximum atomic E-state index is 9.94. The first kappa shape index (κ1) is 14.9. The van der Waals surface area contributed by atoms with E-state index in [1.54, 1.807) is 6.92 Å². The minimum absolute atomic E-state index is 0.556. The minimum Gasteiger partial charge on any atom is -0.390 e. The first-order valence-corrected chi connectivity index (χ1v) is 6.45. The van der Waals surface area contributed by atoms with Crippen LogP contribution in [0, 0.1) is 0 Å². The largest absolute Gasteiger partial charge is 0.390 e. The number of aliphatic hydroxyl groups excluding tert-OH is 1. The maximum absolute atomic E-state index is 9.94. The van der Waals surface area contributed by atoms with Crippen molar-refractivity contribution in [2.24, 2.45) is 0 Å². The van der Waals surface area contributed by atoms with E-state index in [2.05, 4.69) is 6.92 Å². The third kappa shape index (κ3) is 6.91. The van der Waals surface area contributed by atoms with E-state index in [0.29, 0.717) is 6.42 Å².